The molecule has 0 spiro atoms. The van der Waals surface area contributed by atoms with E-state index in [4.69, 9.17) is 4.42 Å². The second-order valence-electron chi connectivity index (χ2n) is 14.5. The van der Waals surface area contributed by atoms with Gasteiger partial charge in [-0.15, -0.1) is 0 Å². The van der Waals surface area contributed by atoms with Gasteiger partial charge in [-0.3, -0.25) is 0 Å². The SMILES string of the molecule is c1ccc(-c2cc3ccccc3c3c2c2cc(-c4ccc5c(c4)c4ccccc4n5-c4cccc5c4oc4ccccc45)ccc2n3-c2ccccc2)cc1. The number of benzene rings is 9. The van der Waals surface area contributed by atoms with Crippen molar-refractivity contribution in [1.82, 2.24) is 9.13 Å². The first-order chi connectivity index (χ1) is 27.3. The predicted octanol–water partition coefficient (Wildman–Crippen LogP) is 14.3. The van der Waals surface area contributed by atoms with Crippen LogP contribution in [-0.2, 0) is 0 Å². The molecule has 0 saturated carbocycles. The van der Waals surface area contributed by atoms with Crippen molar-refractivity contribution in [2.24, 2.45) is 0 Å². The Bertz CT molecular complexity index is 3470. The molecule has 3 nitrogen and oxygen atoms in total. The first-order valence-electron chi connectivity index (χ1n) is 18.9. The fourth-order valence-electron chi connectivity index (χ4n) is 9.08. The molecule has 12 aromatic rings. The van der Waals surface area contributed by atoms with E-state index in [9.17, 15) is 0 Å². The van der Waals surface area contributed by atoms with Crippen LogP contribution in [0.2, 0.25) is 0 Å². The molecule has 256 valence electrons. The van der Waals surface area contributed by atoms with Crippen molar-refractivity contribution in [3.05, 3.63) is 194 Å². The van der Waals surface area contributed by atoms with Crippen LogP contribution in [0.15, 0.2) is 199 Å². The smallest absolute Gasteiger partial charge is 0.159 e. The lowest BCUT2D eigenvalue weighted by molar-refractivity contribution is 0.666. The Labute approximate surface area is 316 Å². The molecule has 0 bridgehead atoms. The van der Waals surface area contributed by atoms with Gasteiger partial charge in [0.2, 0.25) is 0 Å². The summed E-state index contributed by atoms with van der Waals surface area (Å²) in [4.78, 5) is 0. The van der Waals surface area contributed by atoms with E-state index in [2.05, 4.69) is 197 Å². The second kappa shape index (κ2) is 11.6. The van der Waals surface area contributed by atoms with Crippen molar-refractivity contribution in [3.8, 4) is 33.6 Å². The van der Waals surface area contributed by atoms with Crippen LogP contribution in [0.4, 0.5) is 0 Å². The van der Waals surface area contributed by atoms with Gasteiger partial charge in [0.1, 0.15) is 5.58 Å². The van der Waals surface area contributed by atoms with Crippen molar-refractivity contribution in [3.63, 3.8) is 0 Å². The van der Waals surface area contributed by atoms with Gasteiger partial charge in [0.05, 0.1) is 27.8 Å². The summed E-state index contributed by atoms with van der Waals surface area (Å²) in [6.07, 6.45) is 0. The van der Waals surface area contributed by atoms with Gasteiger partial charge in [-0.25, -0.2) is 0 Å². The summed E-state index contributed by atoms with van der Waals surface area (Å²) in [5.74, 6) is 0. The average molecular weight is 701 g/mol. The topological polar surface area (TPSA) is 23.0 Å². The van der Waals surface area contributed by atoms with E-state index >= 15 is 0 Å². The normalized spacial score (nSPS) is 12.0. The van der Waals surface area contributed by atoms with E-state index in [0.717, 1.165) is 44.3 Å². The number of furan rings is 1. The maximum atomic E-state index is 6.55. The largest absolute Gasteiger partial charge is 0.454 e. The molecule has 12 rings (SSSR count). The van der Waals surface area contributed by atoms with E-state index in [-0.39, 0.29) is 0 Å². The maximum absolute atomic E-state index is 6.55. The van der Waals surface area contributed by atoms with Crippen LogP contribution < -0.4 is 0 Å². The molecule has 3 heterocycles. The molecular formula is C52H32N2O. The fraction of sp³-hybridized carbons (Fsp3) is 0. The van der Waals surface area contributed by atoms with Gasteiger partial charge in [0.25, 0.3) is 0 Å². The third-order valence-corrected chi connectivity index (χ3v) is 11.5. The van der Waals surface area contributed by atoms with Crippen molar-refractivity contribution >= 4 is 76.3 Å². The zero-order valence-electron chi connectivity index (χ0n) is 29.8. The second-order valence-corrected chi connectivity index (χ2v) is 14.5. The summed E-state index contributed by atoms with van der Waals surface area (Å²) in [6, 6.07) is 70.2. The molecule has 0 radical (unpaired) electrons. The lowest BCUT2D eigenvalue weighted by atomic mass is 9.94. The molecular weight excluding hydrogens is 669 g/mol. The summed E-state index contributed by atoms with van der Waals surface area (Å²) in [5.41, 5.74) is 13.5. The highest BCUT2D eigenvalue weighted by Crippen LogP contribution is 2.45. The standard InChI is InChI=1S/C52H32N2O/c1-3-14-33(15-4-1)42-32-36-16-7-8-19-38(36)51-50(42)44-31-35(27-29-47(44)53(51)37-17-5-2-6-18-37)34-26-28-46-43(30-34)39-20-9-11-23-45(39)54(46)48-24-13-22-41-40-21-10-12-25-49(40)55-52(41)48/h1-32H. The molecule has 0 atom stereocenters. The zero-order valence-corrected chi connectivity index (χ0v) is 29.8. The third kappa shape index (κ3) is 4.38. The van der Waals surface area contributed by atoms with Crippen molar-refractivity contribution in [2.75, 3.05) is 0 Å². The van der Waals surface area contributed by atoms with Crippen LogP contribution in [0.1, 0.15) is 0 Å². The lowest BCUT2D eigenvalue weighted by Gasteiger charge is -2.12. The number of hydrogen-bond acceptors (Lipinski definition) is 1. The van der Waals surface area contributed by atoms with Gasteiger partial charge < -0.3 is 13.6 Å². The van der Waals surface area contributed by atoms with Crippen LogP contribution in [0.5, 0.6) is 0 Å². The summed E-state index contributed by atoms with van der Waals surface area (Å²) < 4.78 is 11.4. The molecule has 3 aromatic heterocycles. The summed E-state index contributed by atoms with van der Waals surface area (Å²) in [5, 5.41) is 9.66. The minimum absolute atomic E-state index is 0.900. The van der Waals surface area contributed by atoms with Crippen LogP contribution in [0.3, 0.4) is 0 Å². The van der Waals surface area contributed by atoms with Gasteiger partial charge in [0, 0.05) is 43.4 Å². The average Bonchev–Trinajstić information content (AvgIpc) is 3.92. The van der Waals surface area contributed by atoms with Crippen LogP contribution in [0, 0.1) is 0 Å². The van der Waals surface area contributed by atoms with Crippen LogP contribution >= 0.6 is 0 Å². The number of nitrogens with zero attached hydrogens (tertiary/aromatic N) is 2. The summed E-state index contributed by atoms with van der Waals surface area (Å²) in [7, 11) is 0. The highest BCUT2D eigenvalue weighted by atomic mass is 16.3. The van der Waals surface area contributed by atoms with E-state index in [1.165, 1.54) is 65.6 Å². The molecule has 0 saturated heterocycles. The molecule has 0 amide bonds. The zero-order chi connectivity index (χ0) is 36.0. The molecule has 9 aromatic carbocycles. The van der Waals surface area contributed by atoms with E-state index < -0.39 is 0 Å². The number of fused-ring (bicyclic) bond motifs is 11. The predicted molar refractivity (Wildman–Crippen MR) is 231 cm³/mol. The molecule has 55 heavy (non-hydrogen) atoms. The Balaban J connectivity index is 1.13. The first-order valence-corrected chi connectivity index (χ1v) is 18.9. The Morgan fingerprint density at radius 3 is 1.80 bits per heavy atom. The van der Waals surface area contributed by atoms with Gasteiger partial charge in [-0.05, 0) is 88.3 Å². The van der Waals surface area contributed by atoms with Crippen molar-refractivity contribution in [2.45, 2.75) is 0 Å². The highest BCUT2D eigenvalue weighted by Gasteiger charge is 2.21. The van der Waals surface area contributed by atoms with Crippen molar-refractivity contribution < 1.29 is 4.42 Å². The molecule has 0 N–H and O–H groups in total. The van der Waals surface area contributed by atoms with E-state index in [0.29, 0.717) is 0 Å². The summed E-state index contributed by atoms with van der Waals surface area (Å²) in [6.45, 7) is 0. The quantitative estimate of drug-likeness (QED) is 0.179. The molecule has 0 fully saturated rings. The molecule has 0 unspecified atom stereocenters. The monoisotopic (exact) mass is 700 g/mol. The minimum atomic E-state index is 0.900. The molecule has 0 aliphatic heterocycles. The number of hydrogen-bond donors (Lipinski definition) is 0. The Kier molecular flexibility index (Phi) is 6.34. The number of para-hydroxylation sites is 4. The first kappa shape index (κ1) is 30.1. The van der Waals surface area contributed by atoms with Gasteiger partial charge in [0.15, 0.2) is 5.58 Å². The third-order valence-electron chi connectivity index (χ3n) is 11.5. The summed E-state index contributed by atoms with van der Waals surface area (Å²) >= 11 is 0. The molecule has 3 heteroatoms. The molecule has 0 aliphatic rings. The van der Waals surface area contributed by atoms with E-state index in [1.807, 2.05) is 6.07 Å². The number of aromatic nitrogens is 2. The lowest BCUT2D eigenvalue weighted by Crippen LogP contribution is -1.94. The minimum Gasteiger partial charge on any atom is -0.454 e. The fourth-order valence-corrected chi connectivity index (χ4v) is 9.08. The highest BCUT2D eigenvalue weighted by molar-refractivity contribution is 6.24. The Hall–Kier alpha value is -7.36. The molecule has 0 aliphatic carbocycles. The van der Waals surface area contributed by atoms with Crippen molar-refractivity contribution in [1.29, 1.82) is 0 Å². The van der Waals surface area contributed by atoms with Gasteiger partial charge in [-0.2, -0.15) is 0 Å². The van der Waals surface area contributed by atoms with Crippen LogP contribution in [0.25, 0.3) is 110 Å². The van der Waals surface area contributed by atoms with Gasteiger partial charge in [-0.1, -0.05) is 133 Å². The van der Waals surface area contributed by atoms with E-state index in [1.54, 1.807) is 0 Å². The number of rotatable bonds is 4. The Morgan fingerprint density at radius 1 is 0.364 bits per heavy atom. The van der Waals surface area contributed by atoms with Gasteiger partial charge >= 0.3 is 0 Å². The Morgan fingerprint density at radius 2 is 0.982 bits per heavy atom. The maximum Gasteiger partial charge on any atom is 0.159 e. The van der Waals surface area contributed by atoms with Crippen LogP contribution in [-0.4, -0.2) is 9.13 Å².